The van der Waals surface area contributed by atoms with Crippen molar-refractivity contribution in [2.24, 2.45) is 0 Å². The molecule has 0 saturated carbocycles. The van der Waals surface area contributed by atoms with Gasteiger partial charge in [0.1, 0.15) is 11.5 Å². The molecule has 0 heterocycles. The molecule has 164 valence electrons. The van der Waals surface area contributed by atoms with Crippen molar-refractivity contribution in [1.82, 2.24) is 0 Å². The molecule has 0 spiro atoms. The molecule has 0 aromatic heterocycles. The van der Waals surface area contributed by atoms with Crippen LogP contribution in [-0.2, 0) is 12.8 Å². The van der Waals surface area contributed by atoms with Crippen LogP contribution in [0.2, 0.25) is 0 Å². The summed E-state index contributed by atoms with van der Waals surface area (Å²) in [7, 11) is 0. The molecule has 0 radical (unpaired) electrons. The van der Waals surface area contributed by atoms with Gasteiger partial charge in [-0.25, -0.2) is 0 Å². The monoisotopic (exact) mass is 410 g/mol. The molecule has 0 fully saturated rings. The number of hydrogen-bond donors (Lipinski definition) is 0. The standard InChI is InChI=1S/C27H38O3/c1-6-10-20(4)29-25-13-9-12-23(19-25)26(28)16-15-24-18-22(8-3)14-17-27(24)30-21(5)11-7-2/h9,12-14,17-21H,6-8,10-11,15-16H2,1-5H3. The highest BCUT2D eigenvalue weighted by Gasteiger charge is 2.13. The summed E-state index contributed by atoms with van der Waals surface area (Å²) < 4.78 is 12.1. The first-order valence-electron chi connectivity index (χ1n) is 11.5. The van der Waals surface area contributed by atoms with Crippen LogP contribution in [0, 0.1) is 0 Å². The molecular weight excluding hydrogens is 372 g/mol. The molecule has 0 N–H and O–H groups in total. The first-order chi connectivity index (χ1) is 14.5. The Hall–Kier alpha value is -2.29. The number of carbonyl (C=O) groups excluding carboxylic acids is 1. The molecule has 2 unspecified atom stereocenters. The van der Waals surface area contributed by atoms with Crippen LogP contribution in [0.5, 0.6) is 11.5 Å². The molecule has 2 atom stereocenters. The van der Waals surface area contributed by atoms with Gasteiger partial charge in [-0.2, -0.15) is 0 Å². The molecule has 30 heavy (non-hydrogen) atoms. The SMILES string of the molecule is CCCC(C)Oc1cccc(C(=O)CCc2cc(CC)ccc2OC(C)CCC)c1. The van der Waals surface area contributed by atoms with Crippen LogP contribution < -0.4 is 9.47 Å². The lowest BCUT2D eigenvalue weighted by Gasteiger charge is -2.18. The zero-order chi connectivity index (χ0) is 21.9. The lowest BCUT2D eigenvalue weighted by Crippen LogP contribution is -2.13. The predicted octanol–water partition coefficient (Wildman–Crippen LogP) is 7.20. The van der Waals surface area contributed by atoms with Gasteiger partial charge in [0.2, 0.25) is 0 Å². The third-order valence-electron chi connectivity index (χ3n) is 5.37. The minimum Gasteiger partial charge on any atom is -0.491 e. The summed E-state index contributed by atoms with van der Waals surface area (Å²) in [6.07, 6.45) is 6.65. The largest absolute Gasteiger partial charge is 0.491 e. The molecule has 2 aromatic rings. The van der Waals surface area contributed by atoms with E-state index in [0.717, 1.165) is 49.2 Å². The van der Waals surface area contributed by atoms with Crippen LogP contribution in [0.25, 0.3) is 0 Å². The van der Waals surface area contributed by atoms with Gasteiger partial charge in [0, 0.05) is 12.0 Å². The second-order valence-corrected chi connectivity index (χ2v) is 8.18. The molecule has 2 aromatic carbocycles. The molecule has 0 saturated heterocycles. The molecule has 3 heteroatoms. The Morgan fingerprint density at radius 2 is 1.60 bits per heavy atom. The van der Waals surface area contributed by atoms with E-state index in [1.54, 1.807) is 0 Å². The Bertz CT molecular complexity index is 796. The second-order valence-electron chi connectivity index (χ2n) is 8.18. The minimum absolute atomic E-state index is 0.137. The minimum atomic E-state index is 0.137. The van der Waals surface area contributed by atoms with Gasteiger partial charge < -0.3 is 9.47 Å². The maximum absolute atomic E-state index is 12.9. The van der Waals surface area contributed by atoms with E-state index in [2.05, 4.69) is 52.8 Å². The third-order valence-corrected chi connectivity index (χ3v) is 5.37. The first kappa shape index (κ1) is 24.0. The topological polar surface area (TPSA) is 35.5 Å². The average Bonchev–Trinajstić information content (AvgIpc) is 2.73. The predicted molar refractivity (Wildman–Crippen MR) is 125 cm³/mol. The van der Waals surface area contributed by atoms with Crippen molar-refractivity contribution < 1.29 is 14.3 Å². The average molecular weight is 411 g/mol. The molecular formula is C27H38O3. The molecule has 0 amide bonds. The van der Waals surface area contributed by atoms with Gasteiger partial charge in [-0.05, 0) is 68.9 Å². The third kappa shape index (κ3) is 7.51. The summed E-state index contributed by atoms with van der Waals surface area (Å²) in [5.74, 6) is 1.82. The van der Waals surface area contributed by atoms with Gasteiger partial charge in [-0.15, -0.1) is 0 Å². The zero-order valence-electron chi connectivity index (χ0n) is 19.4. The Kier molecular flexibility index (Phi) is 9.93. The highest BCUT2D eigenvalue weighted by molar-refractivity contribution is 5.96. The van der Waals surface area contributed by atoms with Crippen molar-refractivity contribution in [3.8, 4) is 11.5 Å². The number of ether oxygens (including phenoxy) is 2. The van der Waals surface area contributed by atoms with E-state index in [0.29, 0.717) is 18.4 Å². The van der Waals surface area contributed by atoms with Crippen LogP contribution in [0.15, 0.2) is 42.5 Å². The summed E-state index contributed by atoms with van der Waals surface area (Å²) in [5.41, 5.74) is 3.10. The van der Waals surface area contributed by atoms with Crippen molar-refractivity contribution >= 4 is 5.78 Å². The van der Waals surface area contributed by atoms with Gasteiger partial charge in [-0.1, -0.05) is 57.9 Å². The van der Waals surface area contributed by atoms with Crippen LogP contribution in [-0.4, -0.2) is 18.0 Å². The van der Waals surface area contributed by atoms with Crippen molar-refractivity contribution in [3.63, 3.8) is 0 Å². The highest BCUT2D eigenvalue weighted by atomic mass is 16.5. The fourth-order valence-corrected chi connectivity index (χ4v) is 3.68. The van der Waals surface area contributed by atoms with Crippen LogP contribution >= 0.6 is 0 Å². The van der Waals surface area contributed by atoms with E-state index in [1.165, 1.54) is 5.56 Å². The van der Waals surface area contributed by atoms with E-state index < -0.39 is 0 Å². The van der Waals surface area contributed by atoms with E-state index in [-0.39, 0.29) is 18.0 Å². The van der Waals surface area contributed by atoms with E-state index in [9.17, 15) is 4.79 Å². The maximum Gasteiger partial charge on any atom is 0.163 e. The number of ketones is 1. The number of aryl methyl sites for hydroxylation is 2. The van der Waals surface area contributed by atoms with Crippen molar-refractivity contribution in [2.45, 2.75) is 91.8 Å². The van der Waals surface area contributed by atoms with E-state index in [4.69, 9.17) is 9.47 Å². The normalized spacial score (nSPS) is 13.0. The smallest absolute Gasteiger partial charge is 0.163 e. The molecule has 2 rings (SSSR count). The van der Waals surface area contributed by atoms with Gasteiger partial charge in [0.15, 0.2) is 5.78 Å². The Morgan fingerprint density at radius 3 is 2.27 bits per heavy atom. The van der Waals surface area contributed by atoms with Gasteiger partial charge in [0.05, 0.1) is 12.2 Å². The summed E-state index contributed by atoms with van der Waals surface area (Å²) >= 11 is 0. The molecule has 0 aliphatic heterocycles. The second kappa shape index (κ2) is 12.4. The van der Waals surface area contributed by atoms with Gasteiger partial charge in [0.25, 0.3) is 0 Å². The van der Waals surface area contributed by atoms with E-state index >= 15 is 0 Å². The number of benzene rings is 2. The molecule has 0 aliphatic rings. The van der Waals surface area contributed by atoms with Crippen molar-refractivity contribution in [1.29, 1.82) is 0 Å². The Labute approximate surface area is 182 Å². The lowest BCUT2D eigenvalue weighted by molar-refractivity contribution is 0.0981. The Balaban J connectivity index is 2.08. The van der Waals surface area contributed by atoms with Crippen LogP contribution in [0.3, 0.4) is 0 Å². The van der Waals surface area contributed by atoms with Gasteiger partial charge in [-0.3, -0.25) is 4.79 Å². The molecule has 3 nitrogen and oxygen atoms in total. The fourth-order valence-electron chi connectivity index (χ4n) is 3.68. The first-order valence-corrected chi connectivity index (χ1v) is 11.5. The number of rotatable bonds is 13. The number of carbonyl (C=O) groups is 1. The fraction of sp³-hybridized carbons (Fsp3) is 0.519. The lowest BCUT2D eigenvalue weighted by atomic mass is 9.99. The van der Waals surface area contributed by atoms with Crippen LogP contribution in [0.4, 0.5) is 0 Å². The summed E-state index contributed by atoms with van der Waals surface area (Å²) in [5, 5.41) is 0. The number of Topliss-reactive ketones (excluding diaryl/α,β-unsaturated/α-hetero) is 1. The summed E-state index contributed by atoms with van der Waals surface area (Å²) in [4.78, 5) is 12.9. The zero-order valence-corrected chi connectivity index (χ0v) is 19.4. The summed E-state index contributed by atoms with van der Waals surface area (Å²) in [6, 6.07) is 14.0. The highest BCUT2D eigenvalue weighted by Crippen LogP contribution is 2.25. The van der Waals surface area contributed by atoms with E-state index in [1.807, 2.05) is 24.3 Å². The van der Waals surface area contributed by atoms with Crippen LogP contribution in [0.1, 0.15) is 88.2 Å². The Morgan fingerprint density at radius 1 is 0.900 bits per heavy atom. The van der Waals surface area contributed by atoms with Crippen molar-refractivity contribution in [2.75, 3.05) is 0 Å². The quantitative estimate of drug-likeness (QED) is 0.328. The van der Waals surface area contributed by atoms with Gasteiger partial charge >= 0.3 is 0 Å². The maximum atomic E-state index is 12.9. The molecule has 0 bridgehead atoms. The number of hydrogen-bond acceptors (Lipinski definition) is 3. The van der Waals surface area contributed by atoms with Crippen molar-refractivity contribution in [3.05, 3.63) is 59.2 Å². The summed E-state index contributed by atoms with van der Waals surface area (Å²) in [6.45, 7) is 10.6. The molecule has 0 aliphatic carbocycles.